The molecule has 2 N–H and O–H groups in total. The van der Waals surface area contributed by atoms with Crippen LogP contribution in [0.2, 0.25) is 0 Å². The Hall–Kier alpha value is -1.26. The average molecular weight is 354 g/mol. The van der Waals surface area contributed by atoms with Gasteiger partial charge < -0.3 is 33.9 Å². The van der Waals surface area contributed by atoms with Gasteiger partial charge in [-0.25, -0.2) is 9.59 Å². The molecule has 2 aliphatic heterocycles. The van der Waals surface area contributed by atoms with E-state index < -0.39 is 29.8 Å². The van der Waals surface area contributed by atoms with Gasteiger partial charge in [-0.15, -0.1) is 0 Å². The third-order valence-corrected chi connectivity index (χ3v) is 2.76. The Morgan fingerprint density at radius 1 is 0.958 bits per heavy atom. The fraction of sp³-hybridized carbons (Fsp3) is 0.867. The maximum atomic E-state index is 10.9. The molecule has 24 heavy (non-hydrogen) atoms. The van der Waals surface area contributed by atoms with E-state index in [0.717, 1.165) is 7.11 Å². The van der Waals surface area contributed by atoms with Crippen molar-refractivity contribution in [2.45, 2.75) is 58.9 Å². The summed E-state index contributed by atoms with van der Waals surface area (Å²) in [5.74, 6) is -2.73. The number of hydrogen-bond acceptors (Lipinski definition) is 8. The van der Waals surface area contributed by atoms with Crippen molar-refractivity contribution in [3.63, 3.8) is 0 Å². The zero-order valence-electron chi connectivity index (χ0n) is 14.3. The van der Waals surface area contributed by atoms with Crippen LogP contribution in [0.25, 0.3) is 0 Å². The maximum absolute atomic E-state index is 10.9. The number of esters is 1. The SMILES string of the molecule is C.CC1(C)OC[C@@H](C(=O)O)O1.CO.COC(=O)[C@@H]1COC(C)(C)O1. The molecule has 9 nitrogen and oxygen atoms in total. The smallest absolute Gasteiger partial charge is 0.337 e. The van der Waals surface area contributed by atoms with Crippen molar-refractivity contribution in [2.75, 3.05) is 27.4 Å². The van der Waals surface area contributed by atoms with Crippen molar-refractivity contribution >= 4 is 11.9 Å². The molecule has 2 aliphatic rings. The highest BCUT2D eigenvalue weighted by atomic mass is 16.8. The summed E-state index contributed by atoms with van der Waals surface area (Å²) in [6.45, 7) is 7.32. The highest BCUT2D eigenvalue weighted by molar-refractivity contribution is 5.75. The van der Waals surface area contributed by atoms with Crippen LogP contribution in [0.5, 0.6) is 0 Å². The molecule has 2 saturated heterocycles. The highest BCUT2D eigenvalue weighted by Gasteiger charge is 2.37. The van der Waals surface area contributed by atoms with Crippen LogP contribution in [-0.2, 0) is 33.3 Å². The monoisotopic (exact) mass is 354 g/mol. The Morgan fingerprint density at radius 3 is 1.54 bits per heavy atom. The molecule has 0 amide bonds. The van der Waals surface area contributed by atoms with E-state index in [9.17, 15) is 9.59 Å². The van der Waals surface area contributed by atoms with E-state index in [1.165, 1.54) is 7.11 Å². The summed E-state index contributed by atoms with van der Waals surface area (Å²) >= 11 is 0. The summed E-state index contributed by atoms with van der Waals surface area (Å²) in [6, 6.07) is 0. The van der Waals surface area contributed by atoms with Crippen molar-refractivity contribution in [2.24, 2.45) is 0 Å². The van der Waals surface area contributed by atoms with Crippen LogP contribution in [-0.4, -0.2) is 73.4 Å². The van der Waals surface area contributed by atoms with Gasteiger partial charge in [0.1, 0.15) is 0 Å². The summed E-state index contributed by atoms with van der Waals surface area (Å²) in [5.41, 5.74) is 0. The van der Waals surface area contributed by atoms with Gasteiger partial charge in [-0.1, -0.05) is 7.43 Å². The van der Waals surface area contributed by atoms with E-state index >= 15 is 0 Å². The van der Waals surface area contributed by atoms with Crippen molar-refractivity contribution in [3.05, 3.63) is 0 Å². The van der Waals surface area contributed by atoms with Crippen LogP contribution in [0.1, 0.15) is 35.1 Å². The van der Waals surface area contributed by atoms with E-state index in [4.69, 9.17) is 29.2 Å². The molecule has 0 aromatic carbocycles. The Bertz CT molecular complexity index is 392. The van der Waals surface area contributed by atoms with E-state index in [0.29, 0.717) is 0 Å². The Kier molecular flexibility index (Phi) is 11.0. The molecule has 2 fully saturated rings. The van der Waals surface area contributed by atoms with Gasteiger partial charge in [0.2, 0.25) is 0 Å². The number of carbonyl (C=O) groups is 2. The first-order valence-electron chi connectivity index (χ1n) is 6.95. The summed E-state index contributed by atoms with van der Waals surface area (Å²) in [7, 11) is 2.33. The van der Waals surface area contributed by atoms with E-state index in [1.807, 2.05) is 0 Å². The number of carboxylic acids is 1. The number of aliphatic hydroxyl groups is 1. The van der Waals surface area contributed by atoms with Gasteiger partial charge in [-0.05, 0) is 27.7 Å². The van der Waals surface area contributed by atoms with Crippen molar-refractivity contribution in [1.29, 1.82) is 0 Å². The zero-order valence-corrected chi connectivity index (χ0v) is 14.3. The van der Waals surface area contributed by atoms with Crippen molar-refractivity contribution < 1.29 is 43.5 Å². The largest absolute Gasteiger partial charge is 0.479 e. The number of aliphatic carboxylic acids is 1. The second kappa shape index (κ2) is 10.6. The highest BCUT2D eigenvalue weighted by Crippen LogP contribution is 2.23. The first kappa shape index (κ1) is 25.0. The number of aliphatic hydroxyl groups excluding tert-OH is 1. The van der Waals surface area contributed by atoms with Crippen LogP contribution in [0, 0.1) is 0 Å². The molecular formula is C15H30O9. The van der Waals surface area contributed by atoms with Gasteiger partial charge in [0.05, 0.1) is 20.3 Å². The van der Waals surface area contributed by atoms with E-state index in [-0.39, 0.29) is 26.6 Å². The van der Waals surface area contributed by atoms with Gasteiger partial charge in [0.25, 0.3) is 0 Å². The molecule has 0 bridgehead atoms. The minimum Gasteiger partial charge on any atom is -0.479 e. The molecular weight excluding hydrogens is 324 g/mol. The predicted molar refractivity (Wildman–Crippen MR) is 84.3 cm³/mol. The molecule has 0 unspecified atom stereocenters. The molecule has 0 aliphatic carbocycles. The van der Waals surface area contributed by atoms with Gasteiger partial charge in [0.15, 0.2) is 23.8 Å². The lowest BCUT2D eigenvalue weighted by molar-refractivity contribution is -0.167. The Morgan fingerprint density at radius 2 is 1.33 bits per heavy atom. The van der Waals surface area contributed by atoms with Crippen molar-refractivity contribution in [1.82, 2.24) is 0 Å². The van der Waals surface area contributed by atoms with Gasteiger partial charge in [-0.3, -0.25) is 0 Å². The third-order valence-electron chi connectivity index (χ3n) is 2.76. The molecule has 2 heterocycles. The molecule has 0 aromatic rings. The quantitative estimate of drug-likeness (QED) is 0.693. The van der Waals surface area contributed by atoms with E-state index in [1.54, 1.807) is 27.7 Å². The van der Waals surface area contributed by atoms with E-state index in [2.05, 4.69) is 4.74 Å². The second-order valence-corrected chi connectivity index (χ2v) is 5.50. The standard InChI is InChI=1S/C7H12O4.C6H10O4.CH4O.CH4/c1-7(2)10-4-5(11-7)6(8)9-3;1-6(2)9-3-4(10-6)5(7)8;1-2;/h5H,4H2,1-3H3;4H,3H2,1-2H3,(H,7,8);2H,1H3;1H4/t5-;4-;;/m00../s1. The van der Waals surface area contributed by atoms with Gasteiger partial charge in [0, 0.05) is 7.11 Å². The Labute approximate surface area is 142 Å². The first-order valence-corrected chi connectivity index (χ1v) is 6.95. The number of rotatable bonds is 2. The molecule has 2 atom stereocenters. The minimum atomic E-state index is -0.967. The first-order chi connectivity index (χ1) is 10.6. The fourth-order valence-corrected chi connectivity index (χ4v) is 1.74. The normalized spacial score (nSPS) is 26.0. The number of methoxy groups -OCH3 is 1. The topological polar surface area (TPSA) is 121 Å². The molecule has 0 spiro atoms. The zero-order chi connectivity index (χ0) is 18.3. The number of carbonyl (C=O) groups excluding carboxylic acids is 1. The summed E-state index contributed by atoms with van der Waals surface area (Å²) in [4.78, 5) is 21.2. The molecule has 0 saturated carbocycles. The minimum absolute atomic E-state index is 0. The van der Waals surface area contributed by atoms with Gasteiger partial charge >= 0.3 is 11.9 Å². The summed E-state index contributed by atoms with van der Waals surface area (Å²) < 4.78 is 24.8. The van der Waals surface area contributed by atoms with Crippen LogP contribution >= 0.6 is 0 Å². The molecule has 144 valence electrons. The van der Waals surface area contributed by atoms with Crippen LogP contribution in [0.4, 0.5) is 0 Å². The average Bonchev–Trinajstić information content (AvgIpc) is 3.03. The van der Waals surface area contributed by atoms with Crippen LogP contribution in [0.3, 0.4) is 0 Å². The maximum Gasteiger partial charge on any atom is 0.337 e. The molecule has 0 radical (unpaired) electrons. The fourth-order valence-electron chi connectivity index (χ4n) is 1.74. The van der Waals surface area contributed by atoms with Crippen molar-refractivity contribution in [3.8, 4) is 0 Å². The second-order valence-electron chi connectivity index (χ2n) is 5.50. The third kappa shape index (κ3) is 8.55. The number of hydrogen-bond donors (Lipinski definition) is 2. The molecule has 2 rings (SSSR count). The van der Waals surface area contributed by atoms with Crippen LogP contribution in [0.15, 0.2) is 0 Å². The lowest BCUT2D eigenvalue weighted by Gasteiger charge is -2.15. The number of carboxylic acid groups (broad SMARTS) is 1. The predicted octanol–water partition coefficient (Wildman–Crippen LogP) is 0.778. The van der Waals surface area contributed by atoms with Gasteiger partial charge in [-0.2, -0.15) is 0 Å². The lowest BCUT2D eigenvalue weighted by atomic mass is 10.4. The van der Waals surface area contributed by atoms with Crippen LogP contribution < -0.4 is 0 Å². The summed E-state index contributed by atoms with van der Waals surface area (Å²) in [6.07, 6.45) is -1.36. The lowest BCUT2D eigenvalue weighted by Crippen LogP contribution is -2.27. The summed E-state index contributed by atoms with van der Waals surface area (Å²) in [5, 5.41) is 15.4. The number of ether oxygens (including phenoxy) is 5. The Balaban J connectivity index is 0. The molecule has 0 aromatic heterocycles. The molecule has 9 heteroatoms.